The van der Waals surface area contributed by atoms with Crippen molar-refractivity contribution in [1.82, 2.24) is 0 Å². The number of methoxy groups -OCH3 is 1. The van der Waals surface area contributed by atoms with Crippen LogP contribution in [0, 0.1) is 22.2 Å². The van der Waals surface area contributed by atoms with Crippen LogP contribution in [0.4, 0.5) is 45.5 Å². The van der Waals surface area contributed by atoms with E-state index in [1.165, 1.54) is 35.2 Å². The number of esters is 1. The summed E-state index contributed by atoms with van der Waals surface area (Å²) < 4.78 is 4.12. The number of para-hydroxylation sites is 8. The molecule has 95 heavy (non-hydrogen) atoms. The number of anilines is 8. The van der Waals surface area contributed by atoms with Crippen LogP contribution < -0.4 is 39.6 Å². The smallest absolute Gasteiger partial charge is 0.321 e. The van der Waals surface area contributed by atoms with Crippen LogP contribution in [0.1, 0.15) is 58.3 Å². The summed E-state index contributed by atoms with van der Waals surface area (Å²) in [6.07, 6.45) is 1.40. The van der Waals surface area contributed by atoms with Gasteiger partial charge in [-0.25, -0.2) is 0 Å². The van der Waals surface area contributed by atoms with Gasteiger partial charge in [-0.2, -0.15) is 0 Å². The maximum absolute atomic E-state index is 12.5. The van der Waals surface area contributed by atoms with Crippen molar-refractivity contribution < 1.29 is 92.9 Å². The lowest BCUT2D eigenvalue weighted by Gasteiger charge is -2.36. The number of benzene rings is 5. The van der Waals surface area contributed by atoms with Crippen molar-refractivity contribution >= 4 is 128 Å². The number of rotatable bonds is 12. The van der Waals surface area contributed by atoms with Gasteiger partial charge in [-0.05, 0) is 118 Å². The third kappa shape index (κ3) is 18.4. The molecule has 0 aromatic heterocycles. The second-order valence-corrected chi connectivity index (χ2v) is 23.6. The zero-order chi connectivity index (χ0) is 70.0. The standard InChI is InChI=1S/C14H16N2O3.C12H14N2O3.C12H13NO3.C11H11NO3.C9H12N2.C5H6O4.C4H5ClO3/c1-15-8-9-16(11-5-3-2-4-10(11)15)12(17)14(6-7-14)13(18)19;1-13-6-7-14(11(15)8-12(16)17)10-5-3-2-4-9(10)13;1-12(11(15)16)7-8-13(10(12)14)9-5-3-2-4-6-9;13-10-9(11(14)15)6-7-12(10)8-4-2-1-3-5-8;1-11-7-6-10-8-4-2-3-5-9(8)11;6-3(7)5(1-2-5)4(8)9;1-8-4(7)2-3(5)6/h2-5H,6-9H2,1H3,(H,18,19);2-5H,6-8H2,1H3,(H,16,17);2-6H,7-8H2,1H3,(H,15,16);1-5,9H,6-7H2,(H,14,15);2-5,10H,6-7H2,1H3;1-2H2,(H,6,7)(H,8,9);2H2,1H3. The SMILES string of the molecule is CC1(C(=O)O)CCN(c2ccccc2)C1=O.CN1CCN(C(=O)C2(C(=O)O)CC2)c2ccccc21.CN1CCN(C(=O)CC(=O)O)c2ccccc21.CN1CCNc2ccccc21.COC(=O)CC(=O)Cl.O=C(O)C1(C(=O)O)CC1.O=C(O)C1CCN(c2ccccc2)C1=O. The molecule has 5 aromatic rings. The summed E-state index contributed by atoms with van der Waals surface area (Å²) >= 11 is 4.81. The fourth-order valence-corrected chi connectivity index (χ4v) is 10.7. The second-order valence-electron chi connectivity index (χ2n) is 23.1. The van der Waals surface area contributed by atoms with Crippen molar-refractivity contribution in [1.29, 1.82) is 0 Å². The maximum Gasteiger partial charge on any atom is 0.321 e. The van der Waals surface area contributed by atoms with Gasteiger partial charge in [0.15, 0.2) is 5.41 Å². The van der Waals surface area contributed by atoms with Gasteiger partial charge in [0.05, 0.1) is 41.2 Å². The lowest BCUT2D eigenvalue weighted by Crippen LogP contribution is -2.47. The fraction of sp³-hybridized carbons (Fsp3) is 0.373. The molecule has 5 aromatic carbocycles. The van der Waals surface area contributed by atoms with Crippen LogP contribution >= 0.6 is 11.6 Å². The van der Waals surface area contributed by atoms with E-state index in [9.17, 15) is 62.6 Å². The molecule has 506 valence electrons. The van der Waals surface area contributed by atoms with Crippen LogP contribution in [-0.4, -0.2) is 182 Å². The molecule has 0 spiro atoms. The molecule has 0 bridgehead atoms. The van der Waals surface area contributed by atoms with Crippen LogP contribution in [0.25, 0.3) is 0 Å². The molecule has 0 radical (unpaired) electrons. The normalized spacial score (nSPS) is 18.5. The predicted octanol–water partition coefficient (Wildman–Crippen LogP) is 6.72. The van der Waals surface area contributed by atoms with Gasteiger partial charge in [0.1, 0.15) is 29.6 Å². The molecular formula is C67H77ClN8O19. The number of carbonyl (C=O) groups excluding carboxylic acids is 6. The van der Waals surface area contributed by atoms with E-state index in [4.69, 9.17) is 37.1 Å². The summed E-state index contributed by atoms with van der Waals surface area (Å²) in [6.45, 7) is 7.08. The summed E-state index contributed by atoms with van der Waals surface area (Å²) in [4.78, 5) is 145. The number of nitrogens with zero attached hydrogens (tertiary/aromatic N) is 7. The number of fused-ring (bicyclic) bond motifs is 3. The van der Waals surface area contributed by atoms with Gasteiger partial charge in [0, 0.05) is 84.9 Å². The number of carbonyl (C=O) groups is 12. The van der Waals surface area contributed by atoms with Crippen LogP contribution in [0.3, 0.4) is 0 Å². The van der Waals surface area contributed by atoms with Gasteiger partial charge in [-0.3, -0.25) is 57.5 Å². The first kappa shape index (κ1) is 73.5. The Labute approximate surface area is 552 Å². The van der Waals surface area contributed by atoms with Crippen molar-refractivity contribution in [3.05, 3.63) is 133 Å². The lowest BCUT2D eigenvalue weighted by molar-refractivity contribution is -0.157. The number of amides is 4. The predicted molar refractivity (Wildman–Crippen MR) is 352 cm³/mol. The number of halogens is 1. The second kappa shape index (κ2) is 32.8. The van der Waals surface area contributed by atoms with Gasteiger partial charge < -0.3 is 75.0 Å². The quantitative estimate of drug-likeness (QED) is 0.0387. The third-order valence-electron chi connectivity index (χ3n) is 16.7. The molecule has 2 saturated heterocycles. The van der Waals surface area contributed by atoms with E-state index in [2.05, 4.69) is 56.1 Å². The van der Waals surface area contributed by atoms with Crippen molar-refractivity contribution in [3.63, 3.8) is 0 Å². The van der Waals surface area contributed by atoms with E-state index in [1.54, 1.807) is 9.80 Å². The number of nitrogens with one attached hydrogen (secondary N) is 1. The molecule has 2 unspecified atom stereocenters. The van der Waals surface area contributed by atoms with E-state index in [1.807, 2.05) is 123 Å². The first-order valence-electron chi connectivity index (χ1n) is 30.2. The van der Waals surface area contributed by atoms with E-state index in [0.29, 0.717) is 58.4 Å². The average molecular weight is 1330 g/mol. The van der Waals surface area contributed by atoms with Gasteiger partial charge >= 0.3 is 41.8 Å². The topological polar surface area (TPSA) is 370 Å². The Morgan fingerprint density at radius 2 is 0.947 bits per heavy atom. The van der Waals surface area contributed by atoms with Gasteiger partial charge in [-0.15, -0.1) is 0 Å². The largest absolute Gasteiger partial charge is 0.481 e. The highest BCUT2D eigenvalue weighted by atomic mass is 35.5. The number of carboxylic acids is 6. The molecule has 2 atom stereocenters. The molecule has 5 heterocycles. The van der Waals surface area contributed by atoms with E-state index in [-0.39, 0.29) is 42.9 Å². The van der Waals surface area contributed by atoms with Gasteiger partial charge in [-0.1, -0.05) is 72.8 Å². The number of likely N-dealkylation sites (N-methyl/N-ethyl adjacent to an activating group) is 3. The highest BCUT2D eigenvalue weighted by molar-refractivity contribution is 6.64. The van der Waals surface area contributed by atoms with Gasteiger partial charge in [0.2, 0.25) is 28.9 Å². The zero-order valence-corrected chi connectivity index (χ0v) is 53.8. The highest BCUT2D eigenvalue weighted by Gasteiger charge is 2.59. The Hall–Kier alpha value is -10.6. The van der Waals surface area contributed by atoms with Crippen LogP contribution in [0.5, 0.6) is 0 Å². The van der Waals surface area contributed by atoms with Gasteiger partial charge in [0.25, 0.3) is 0 Å². The van der Waals surface area contributed by atoms with Crippen molar-refractivity contribution in [2.45, 2.75) is 58.3 Å². The molecule has 12 rings (SSSR count). The molecule has 4 amide bonds. The Bertz CT molecular complexity index is 3630. The lowest BCUT2D eigenvalue weighted by atomic mass is 9.89. The van der Waals surface area contributed by atoms with Crippen LogP contribution in [0.2, 0.25) is 0 Å². The first-order chi connectivity index (χ1) is 45.0. The average Bonchev–Trinajstić information content (AvgIpc) is 1.48. The Balaban J connectivity index is 0.000000179. The fourth-order valence-electron chi connectivity index (χ4n) is 10.5. The Morgan fingerprint density at radius 1 is 0.505 bits per heavy atom. The Morgan fingerprint density at radius 3 is 1.35 bits per heavy atom. The molecule has 4 fully saturated rings. The monoisotopic (exact) mass is 1330 g/mol. The minimum absolute atomic E-state index is 0.263. The molecule has 28 heteroatoms. The maximum atomic E-state index is 12.5. The van der Waals surface area contributed by atoms with Crippen molar-refractivity contribution in [2.75, 3.05) is 120 Å². The molecule has 2 aliphatic carbocycles. The molecule has 7 N–H and O–H groups in total. The molecule has 7 aliphatic rings. The van der Waals surface area contributed by atoms with Crippen LogP contribution in [-0.2, 0) is 62.3 Å². The van der Waals surface area contributed by atoms with E-state index < -0.39 is 75.6 Å². The summed E-state index contributed by atoms with van der Waals surface area (Å²) in [7, 11) is 7.25. The number of hydrogen-bond acceptors (Lipinski definition) is 17. The summed E-state index contributed by atoms with van der Waals surface area (Å²) in [5, 5.41) is 55.0. The molecule has 2 saturated carbocycles. The molecular weight excluding hydrogens is 1260 g/mol. The number of carboxylic acid groups (broad SMARTS) is 6. The van der Waals surface area contributed by atoms with Crippen molar-refractivity contribution in [2.24, 2.45) is 22.2 Å². The summed E-state index contributed by atoms with van der Waals surface area (Å²) in [5.41, 5.74) is 3.77. The minimum Gasteiger partial charge on any atom is -0.481 e. The number of ether oxygens (including phenoxy) is 1. The zero-order valence-electron chi connectivity index (χ0n) is 53.1. The van der Waals surface area contributed by atoms with E-state index >= 15 is 0 Å². The van der Waals surface area contributed by atoms with Crippen molar-refractivity contribution in [3.8, 4) is 0 Å². The van der Waals surface area contributed by atoms with Crippen LogP contribution in [0.15, 0.2) is 133 Å². The molecule has 5 aliphatic heterocycles. The first-order valence-corrected chi connectivity index (χ1v) is 30.6. The highest BCUT2D eigenvalue weighted by Crippen LogP contribution is 2.49. The summed E-state index contributed by atoms with van der Waals surface area (Å²) in [5.74, 6) is -9.33. The number of aliphatic carboxylic acids is 6. The Kier molecular flexibility index (Phi) is 25.4. The summed E-state index contributed by atoms with van der Waals surface area (Å²) in [6, 6.07) is 41.8. The molecule has 27 nitrogen and oxygen atoms in total. The number of hydrogen-bond donors (Lipinski definition) is 7. The third-order valence-corrected chi connectivity index (χ3v) is 16.9. The minimum atomic E-state index is -1.42. The van der Waals surface area contributed by atoms with E-state index in [0.717, 1.165) is 53.8 Å².